The molecule has 0 bridgehead atoms. The zero-order chi connectivity index (χ0) is 14.4. The van der Waals surface area contributed by atoms with Crippen molar-refractivity contribution in [3.05, 3.63) is 24.3 Å². The molecule has 0 aliphatic carbocycles. The van der Waals surface area contributed by atoms with Gasteiger partial charge in [-0.1, -0.05) is 11.8 Å². The number of aryl methyl sites for hydroxylation is 1. The number of nitrogens with zero attached hydrogens (tertiary/aromatic N) is 4. The van der Waals surface area contributed by atoms with Gasteiger partial charge in [0.05, 0.1) is 13.2 Å². The molecule has 7 nitrogen and oxygen atoms in total. The summed E-state index contributed by atoms with van der Waals surface area (Å²) in [6.45, 7) is 0.213. The minimum atomic E-state index is -0.598. The Kier molecular flexibility index (Phi) is 5.19. The van der Waals surface area contributed by atoms with Crippen LogP contribution in [-0.4, -0.2) is 50.9 Å². The van der Waals surface area contributed by atoms with Gasteiger partial charge < -0.3 is 14.6 Å². The highest BCUT2D eigenvalue weighted by molar-refractivity contribution is 7.99. The Morgan fingerprint density at radius 1 is 1.30 bits per heavy atom. The van der Waals surface area contributed by atoms with E-state index in [0.717, 1.165) is 5.75 Å². The summed E-state index contributed by atoms with van der Waals surface area (Å²) < 4.78 is 12.1. The molecule has 0 saturated carbocycles. The van der Waals surface area contributed by atoms with Gasteiger partial charge in [-0.3, -0.25) is 0 Å². The van der Waals surface area contributed by atoms with Gasteiger partial charge in [0, 0.05) is 12.8 Å². The summed E-state index contributed by atoms with van der Waals surface area (Å²) in [5.74, 6) is 1.92. The second-order valence-corrected chi connectivity index (χ2v) is 5.02. The Balaban J connectivity index is 1.74. The molecule has 1 N–H and O–H groups in total. The van der Waals surface area contributed by atoms with E-state index in [1.54, 1.807) is 31.0 Å². The van der Waals surface area contributed by atoms with E-state index >= 15 is 0 Å². The Bertz CT molecular complexity index is 532. The molecule has 1 aromatic heterocycles. The highest BCUT2D eigenvalue weighted by atomic mass is 32.2. The lowest BCUT2D eigenvalue weighted by Gasteiger charge is -2.11. The van der Waals surface area contributed by atoms with Crippen molar-refractivity contribution in [2.75, 3.05) is 19.5 Å². The zero-order valence-electron chi connectivity index (χ0n) is 11.3. The molecule has 1 heterocycles. The van der Waals surface area contributed by atoms with Crippen LogP contribution in [0, 0.1) is 0 Å². The van der Waals surface area contributed by atoms with Crippen LogP contribution in [0.5, 0.6) is 11.5 Å². The molecular weight excluding hydrogens is 280 g/mol. The van der Waals surface area contributed by atoms with E-state index < -0.39 is 6.10 Å². The third-order valence-corrected chi connectivity index (χ3v) is 3.64. The van der Waals surface area contributed by atoms with Crippen molar-refractivity contribution < 1.29 is 14.6 Å². The van der Waals surface area contributed by atoms with Gasteiger partial charge >= 0.3 is 0 Å². The lowest BCUT2D eigenvalue weighted by molar-refractivity contribution is 0.126. The number of benzene rings is 1. The fraction of sp³-hybridized carbons (Fsp3) is 0.417. The van der Waals surface area contributed by atoms with Gasteiger partial charge in [-0.05, 0) is 34.7 Å². The molecular formula is C12H16N4O3S. The van der Waals surface area contributed by atoms with Gasteiger partial charge in [-0.15, -0.1) is 5.10 Å². The summed E-state index contributed by atoms with van der Waals surface area (Å²) in [6.07, 6.45) is -0.598. The van der Waals surface area contributed by atoms with E-state index in [0.29, 0.717) is 16.7 Å². The third kappa shape index (κ3) is 4.10. The highest BCUT2D eigenvalue weighted by Gasteiger charge is 2.09. The number of thioether (sulfide) groups is 1. The number of methoxy groups -OCH3 is 1. The molecule has 2 aromatic rings. The first-order valence-corrected chi connectivity index (χ1v) is 6.97. The molecule has 0 saturated heterocycles. The van der Waals surface area contributed by atoms with Gasteiger partial charge in [0.25, 0.3) is 0 Å². The van der Waals surface area contributed by atoms with Crippen molar-refractivity contribution in [2.24, 2.45) is 7.05 Å². The third-order valence-electron chi connectivity index (χ3n) is 2.49. The Morgan fingerprint density at radius 2 is 2.00 bits per heavy atom. The first-order chi connectivity index (χ1) is 9.69. The predicted octanol–water partition coefficient (Wildman–Crippen LogP) is 0.751. The van der Waals surface area contributed by atoms with Crippen molar-refractivity contribution in [2.45, 2.75) is 11.3 Å². The average molecular weight is 296 g/mol. The van der Waals surface area contributed by atoms with Crippen LogP contribution in [0.3, 0.4) is 0 Å². The topological polar surface area (TPSA) is 82.3 Å². The second-order valence-electron chi connectivity index (χ2n) is 4.04. The first-order valence-electron chi connectivity index (χ1n) is 5.99. The highest BCUT2D eigenvalue weighted by Crippen LogP contribution is 2.18. The SMILES string of the molecule is COc1ccc(OC[C@H](O)CSc2nnnn2C)cc1. The largest absolute Gasteiger partial charge is 0.497 e. The maximum absolute atomic E-state index is 9.85. The molecule has 2 rings (SSSR count). The van der Waals surface area contributed by atoms with Crippen LogP contribution >= 0.6 is 11.8 Å². The van der Waals surface area contributed by atoms with E-state index in [1.807, 2.05) is 12.1 Å². The summed E-state index contributed by atoms with van der Waals surface area (Å²) in [6, 6.07) is 7.21. The van der Waals surface area contributed by atoms with E-state index in [-0.39, 0.29) is 6.61 Å². The van der Waals surface area contributed by atoms with Gasteiger partial charge in [0.2, 0.25) is 5.16 Å². The van der Waals surface area contributed by atoms with E-state index in [4.69, 9.17) is 9.47 Å². The molecule has 0 amide bonds. The number of hydrogen-bond acceptors (Lipinski definition) is 7. The minimum absolute atomic E-state index is 0.213. The standard InChI is InChI=1S/C12H16N4O3S/c1-16-12(13-14-15-16)20-8-9(17)7-19-11-5-3-10(18-2)4-6-11/h3-6,9,17H,7-8H2,1-2H3/t9-/m0/s1. The second kappa shape index (κ2) is 7.11. The molecule has 1 aromatic carbocycles. The fourth-order valence-electron chi connectivity index (χ4n) is 1.43. The summed E-state index contributed by atoms with van der Waals surface area (Å²) >= 11 is 1.38. The van der Waals surface area contributed by atoms with Crippen molar-refractivity contribution in [3.63, 3.8) is 0 Å². The Hall–Kier alpha value is -1.80. The van der Waals surface area contributed by atoms with Crippen molar-refractivity contribution in [3.8, 4) is 11.5 Å². The molecule has 0 fully saturated rings. The number of ether oxygens (including phenoxy) is 2. The molecule has 0 unspecified atom stereocenters. The zero-order valence-corrected chi connectivity index (χ0v) is 12.1. The summed E-state index contributed by atoms with van der Waals surface area (Å²) in [5, 5.41) is 21.6. The van der Waals surface area contributed by atoms with Crippen LogP contribution in [0.1, 0.15) is 0 Å². The molecule has 108 valence electrons. The summed E-state index contributed by atoms with van der Waals surface area (Å²) in [4.78, 5) is 0. The molecule has 1 atom stereocenters. The lowest BCUT2D eigenvalue weighted by atomic mass is 10.3. The number of hydrogen-bond donors (Lipinski definition) is 1. The van der Waals surface area contributed by atoms with Crippen LogP contribution in [-0.2, 0) is 7.05 Å². The van der Waals surface area contributed by atoms with Gasteiger partial charge in [0.1, 0.15) is 18.1 Å². The molecule has 20 heavy (non-hydrogen) atoms. The van der Waals surface area contributed by atoms with E-state index in [2.05, 4.69) is 15.5 Å². The van der Waals surface area contributed by atoms with Crippen molar-refractivity contribution in [1.82, 2.24) is 20.2 Å². The normalized spacial score (nSPS) is 12.2. The molecule has 0 radical (unpaired) electrons. The van der Waals surface area contributed by atoms with Gasteiger partial charge in [-0.25, -0.2) is 4.68 Å². The summed E-state index contributed by atoms with van der Waals surface area (Å²) in [7, 11) is 3.36. The maximum atomic E-state index is 9.85. The van der Waals surface area contributed by atoms with Crippen LogP contribution in [0.25, 0.3) is 0 Å². The summed E-state index contributed by atoms with van der Waals surface area (Å²) in [5.41, 5.74) is 0. The Morgan fingerprint density at radius 3 is 2.60 bits per heavy atom. The van der Waals surface area contributed by atoms with E-state index in [9.17, 15) is 5.11 Å². The van der Waals surface area contributed by atoms with Crippen LogP contribution in [0.15, 0.2) is 29.4 Å². The average Bonchev–Trinajstić information content (AvgIpc) is 2.89. The monoisotopic (exact) mass is 296 g/mol. The van der Waals surface area contributed by atoms with Gasteiger partial charge in [-0.2, -0.15) is 0 Å². The number of aliphatic hydroxyl groups excluding tert-OH is 1. The number of tetrazole rings is 1. The van der Waals surface area contributed by atoms with Crippen LogP contribution in [0.4, 0.5) is 0 Å². The lowest BCUT2D eigenvalue weighted by Crippen LogP contribution is -2.20. The molecule has 8 heteroatoms. The van der Waals surface area contributed by atoms with Gasteiger partial charge in [0.15, 0.2) is 0 Å². The maximum Gasteiger partial charge on any atom is 0.209 e. The van der Waals surface area contributed by atoms with Crippen molar-refractivity contribution >= 4 is 11.8 Å². The Labute approximate surface area is 120 Å². The smallest absolute Gasteiger partial charge is 0.209 e. The molecule has 0 aliphatic heterocycles. The predicted molar refractivity (Wildman–Crippen MR) is 74.0 cm³/mol. The molecule has 0 aliphatic rings. The first kappa shape index (κ1) is 14.6. The quantitative estimate of drug-likeness (QED) is 0.755. The number of aliphatic hydroxyl groups is 1. The van der Waals surface area contributed by atoms with E-state index in [1.165, 1.54) is 11.8 Å². The molecule has 0 spiro atoms. The minimum Gasteiger partial charge on any atom is -0.497 e. The van der Waals surface area contributed by atoms with Crippen LogP contribution in [0.2, 0.25) is 0 Å². The van der Waals surface area contributed by atoms with Crippen molar-refractivity contribution in [1.29, 1.82) is 0 Å². The van der Waals surface area contributed by atoms with Crippen LogP contribution < -0.4 is 9.47 Å². The fourth-order valence-corrected chi connectivity index (χ4v) is 2.18. The number of rotatable bonds is 7. The number of aromatic nitrogens is 4.